The Bertz CT molecular complexity index is 704. The summed E-state index contributed by atoms with van der Waals surface area (Å²) in [5.41, 5.74) is 3.74. The van der Waals surface area contributed by atoms with Crippen molar-refractivity contribution < 1.29 is 0 Å². The maximum Gasteiger partial charge on any atom is 0.186 e. The third-order valence-corrected chi connectivity index (χ3v) is 3.93. The van der Waals surface area contributed by atoms with Crippen LogP contribution in [0.25, 0.3) is 5.69 Å². The number of nitrogens with one attached hydrogen (secondary N) is 1. The molecule has 1 aromatic carbocycles. The lowest BCUT2D eigenvalue weighted by molar-refractivity contribution is 0.585. The molecule has 112 valence electrons. The Morgan fingerprint density at radius 2 is 2.00 bits per heavy atom. The van der Waals surface area contributed by atoms with Gasteiger partial charge in [0.15, 0.2) is 5.43 Å². The van der Waals surface area contributed by atoms with Crippen LogP contribution >= 0.6 is 11.6 Å². The van der Waals surface area contributed by atoms with E-state index < -0.39 is 0 Å². The van der Waals surface area contributed by atoms with Gasteiger partial charge in [0.05, 0.1) is 0 Å². The van der Waals surface area contributed by atoms with Gasteiger partial charge in [0.2, 0.25) is 0 Å². The minimum absolute atomic E-state index is 0.0663. The van der Waals surface area contributed by atoms with Gasteiger partial charge in [-0.25, -0.2) is 0 Å². The molecule has 1 heterocycles. The Morgan fingerprint density at radius 1 is 1.29 bits per heavy atom. The maximum absolute atomic E-state index is 12.1. The van der Waals surface area contributed by atoms with Crippen LogP contribution < -0.4 is 10.7 Å². The molecule has 1 aromatic heterocycles. The lowest BCUT2D eigenvalue weighted by atomic mass is 10.1. The van der Waals surface area contributed by atoms with Crippen molar-refractivity contribution in [1.29, 1.82) is 0 Å². The van der Waals surface area contributed by atoms with Crippen LogP contribution in [0.15, 0.2) is 35.3 Å². The highest BCUT2D eigenvalue weighted by Gasteiger charge is 2.09. The van der Waals surface area contributed by atoms with Gasteiger partial charge in [0.1, 0.15) is 0 Å². The third-order valence-electron chi connectivity index (χ3n) is 3.52. The van der Waals surface area contributed by atoms with Crippen molar-refractivity contribution in [3.05, 3.63) is 62.5 Å². The highest BCUT2D eigenvalue weighted by molar-refractivity contribution is 6.31. The zero-order chi connectivity index (χ0) is 15.6. The average molecular weight is 305 g/mol. The number of nitrogens with zero attached hydrogens (tertiary/aromatic N) is 1. The second-order valence-electron chi connectivity index (χ2n) is 5.59. The molecule has 0 unspecified atom stereocenters. The van der Waals surface area contributed by atoms with Crippen molar-refractivity contribution in [2.75, 3.05) is 0 Å². The molecule has 0 amide bonds. The van der Waals surface area contributed by atoms with E-state index in [1.165, 1.54) is 0 Å². The van der Waals surface area contributed by atoms with E-state index in [2.05, 4.69) is 19.2 Å². The molecule has 21 heavy (non-hydrogen) atoms. The predicted molar refractivity (Wildman–Crippen MR) is 88.5 cm³/mol. The average Bonchev–Trinajstić information content (AvgIpc) is 2.41. The quantitative estimate of drug-likeness (QED) is 0.936. The summed E-state index contributed by atoms with van der Waals surface area (Å²) in [6, 6.07) is 7.83. The van der Waals surface area contributed by atoms with Crippen molar-refractivity contribution in [1.82, 2.24) is 9.88 Å². The largest absolute Gasteiger partial charge is 0.320 e. The number of halogens is 1. The van der Waals surface area contributed by atoms with E-state index in [1.54, 1.807) is 6.07 Å². The first-order valence-corrected chi connectivity index (χ1v) is 7.49. The van der Waals surface area contributed by atoms with E-state index in [9.17, 15) is 4.79 Å². The molecule has 4 heteroatoms. The Balaban J connectivity index is 2.51. The number of hydrogen-bond acceptors (Lipinski definition) is 2. The van der Waals surface area contributed by atoms with Gasteiger partial charge in [0.25, 0.3) is 0 Å². The zero-order valence-corrected chi connectivity index (χ0v) is 13.7. The molecule has 0 atom stereocenters. The maximum atomic E-state index is 12.1. The summed E-state index contributed by atoms with van der Waals surface area (Å²) in [6.07, 6.45) is 1.91. The molecule has 0 spiro atoms. The van der Waals surface area contributed by atoms with Gasteiger partial charge in [-0.3, -0.25) is 4.79 Å². The normalized spacial score (nSPS) is 11.1. The van der Waals surface area contributed by atoms with Crippen molar-refractivity contribution in [2.45, 2.75) is 40.3 Å². The summed E-state index contributed by atoms with van der Waals surface area (Å²) in [5, 5.41) is 4.02. The van der Waals surface area contributed by atoms with E-state index in [0.29, 0.717) is 12.6 Å². The van der Waals surface area contributed by atoms with E-state index >= 15 is 0 Å². The monoisotopic (exact) mass is 304 g/mol. The van der Waals surface area contributed by atoms with Gasteiger partial charge in [-0.2, -0.15) is 0 Å². The van der Waals surface area contributed by atoms with Crippen LogP contribution in [0, 0.1) is 13.8 Å². The highest BCUT2D eigenvalue weighted by atomic mass is 35.5. The van der Waals surface area contributed by atoms with Gasteiger partial charge in [0, 0.05) is 46.8 Å². The number of aromatic nitrogens is 1. The molecule has 3 nitrogen and oxygen atoms in total. The molecule has 0 aliphatic heterocycles. The molecule has 0 saturated heterocycles. The first-order valence-electron chi connectivity index (χ1n) is 7.11. The predicted octanol–water partition coefficient (Wildman–Crippen LogP) is 3.61. The van der Waals surface area contributed by atoms with Crippen molar-refractivity contribution in [3.63, 3.8) is 0 Å². The smallest absolute Gasteiger partial charge is 0.186 e. The van der Waals surface area contributed by atoms with Crippen LogP contribution in [0.3, 0.4) is 0 Å². The molecule has 2 rings (SSSR count). The summed E-state index contributed by atoms with van der Waals surface area (Å²) in [5.74, 6) is 0. The van der Waals surface area contributed by atoms with Crippen LogP contribution in [-0.2, 0) is 6.54 Å². The van der Waals surface area contributed by atoms with Crippen molar-refractivity contribution >= 4 is 11.6 Å². The molecular formula is C17H21ClN2O. The molecule has 1 N–H and O–H groups in total. The van der Waals surface area contributed by atoms with Gasteiger partial charge in [-0.15, -0.1) is 0 Å². The van der Waals surface area contributed by atoms with Crippen LogP contribution in [0.4, 0.5) is 0 Å². The second-order valence-corrected chi connectivity index (χ2v) is 6.00. The Hall–Kier alpha value is -1.58. The fraction of sp³-hybridized carbons (Fsp3) is 0.353. The minimum atomic E-state index is 0.0663. The SMILES string of the molecule is Cc1c(Cl)cccc1-n1cc(CNC(C)C)c(=O)cc1C. The first kappa shape index (κ1) is 15.8. The topological polar surface area (TPSA) is 34.0 Å². The number of hydrogen-bond donors (Lipinski definition) is 1. The fourth-order valence-corrected chi connectivity index (χ4v) is 2.41. The third kappa shape index (κ3) is 3.55. The standard InChI is InChI=1S/C17H21ClN2O/c1-11(2)19-9-14-10-20(12(3)8-17(14)21)16-7-5-6-15(18)13(16)4/h5-8,10-11,19H,9H2,1-4H3. The molecule has 0 saturated carbocycles. The highest BCUT2D eigenvalue weighted by Crippen LogP contribution is 2.23. The minimum Gasteiger partial charge on any atom is -0.320 e. The van der Waals surface area contributed by atoms with Crippen molar-refractivity contribution in [2.24, 2.45) is 0 Å². The van der Waals surface area contributed by atoms with Crippen LogP contribution in [0.2, 0.25) is 5.02 Å². The molecule has 0 bridgehead atoms. The zero-order valence-electron chi connectivity index (χ0n) is 12.9. The summed E-state index contributed by atoms with van der Waals surface area (Å²) in [7, 11) is 0. The van der Waals surface area contributed by atoms with E-state index in [1.807, 2.05) is 42.8 Å². The molecule has 0 aliphatic carbocycles. The lowest BCUT2D eigenvalue weighted by Gasteiger charge is -2.16. The summed E-state index contributed by atoms with van der Waals surface area (Å²) < 4.78 is 2.03. The number of pyridine rings is 1. The summed E-state index contributed by atoms with van der Waals surface area (Å²) in [6.45, 7) is 8.61. The number of rotatable bonds is 4. The molecule has 0 radical (unpaired) electrons. The molecular weight excluding hydrogens is 284 g/mol. The van der Waals surface area contributed by atoms with Crippen LogP contribution in [0.5, 0.6) is 0 Å². The summed E-state index contributed by atoms with van der Waals surface area (Å²) >= 11 is 6.20. The number of aryl methyl sites for hydroxylation is 1. The fourth-order valence-electron chi connectivity index (χ4n) is 2.24. The summed E-state index contributed by atoms with van der Waals surface area (Å²) in [4.78, 5) is 12.1. The number of benzene rings is 1. The molecule has 2 aromatic rings. The van der Waals surface area contributed by atoms with E-state index in [-0.39, 0.29) is 5.43 Å². The van der Waals surface area contributed by atoms with Gasteiger partial charge >= 0.3 is 0 Å². The van der Waals surface area contributed by atoms with Gasteiger partial charge in [-0.05, 0) is 31.5 Å². The Kier molecular flexibility index (Phi) is 4.86. The van der Waals surface area contributed by atoms with Crippen LogP contribution in [-0.4, -0.2) is 10.6 Å². The molecule has 0 fully saturated rings. The molecule has 0 aliphatic rings. The Morgan fingerprint density at radius 3 is 2.67 bits per heavy atom. The Labute approximate surface area is 130 Å². The van der Waals surface area contributed by atoms with Gasteiger partial charge < -0.3 is 9.88 Å². The first-order chi connectivity index (χ1) is 9.90. The second kappa shape index (κ2) is 6.46. The lowest BCUT2D eigenvalue weighted by Crippen LogP contribution is -2.26. The van der Waals surface area contributed by atoms with Crippen molar-refractivity contribution in [3.8, 4) is 5.69 Å². The van der Waals surface area contributed by atoms with E-state index in [0.717, 1.165) is 27.5 Å². The van der Waals surface area contributed by atoms with E-state index in [4.69, 9.17) is 11.6 Å². The van der Waals surface area contributed by atoms with Gasteiger partial charge in [-0.1, -0.05) is 31.5 Å². The van der Waals surface area contributed by atoms with Crippen LogP contribution in [0.1, 0.15) is 30.7 Å².